The van der Waals surface area contributed by atoms with Crippen molar-refractivity contribution in [1.29, 1.82) is 5.26 Å². The molecule has 68 heavy (non-hydrogen) atoms. The van der Waals surface area contributed by atoms with E-state index in [0.29, 0.717) is 5.56 Å². The third-order valence-electron chi connectivity index (χ3n) is 14.5. The molecule has 9 aromatic carbocycles. The molecule has 0 N–H and O–H groups in total. The topological polar surface area (TPSA) is 43.5 Å². The summed E-state index contributed by atoms with van der Waals surface area (Å²) in [6, 6.07) is 71.2. The number of fused-ring (bicyclic) bond motifs is 14. The number of rotatable bonds is 4. The summed E-state index contributed by atoms with van der Waals surface area (Å²) in [5.41, 5.74) is 16.5. The van der Waals surface area contributed by atoms with E-state index in [-0.39, 0.29) is 10.8 Å². The van der Waals surface area contributed by atoms with Crippen LogP contribution in [0, 0.1) is 11.3 Å². The van der Waals surface area contributed by atoms with Gasteiger partial charge in [-0.1, -0.05) is 139 Å². The normalized spacial score (nSPS) is 12.5. The second-order valence-corrected chi connectivity index (χ2v) is 20.5. The summed E-state index contributed by atoms with van der Waals surface area (Å²) in [7, 11) is 0. The lowest BCUT2D eigenvalue weighted by atomic mass is 9.85. The number of nitriles is 1. The average Bonchev–Trinajstić information content (AvgIpc) is 4.08. The molecule has 0 bridgehead atoms. The molecule has 0 saturated heterocycles. The van der Waals surface area contributed by atoms with Crippen molar-refractivity contribution in [3.05, 3.63) is 205 Å². The molecule has 0 spiro atoms. The number of para-hydroxylation sites is 4. The van der Waals surface area contributed by atoms with Crippen molar-refractivity contribution in [2.24, 2.45) is 0 Å². The van der Waals surface area contributed by atoms with Crippen LogP contribution in [-0.4, -0.2) is 18.3 Å². The predicted molar refractivity (Wildman–Crippen MR) is 286 cm³/mol. The molecule has 5 heteroatoms. The first kappa shape index (κ1) is 40.0. The Bertz CT molecular complexity index is 4200. The van der Waals surface area contributed by atoms with Gasteiger partial charge in [-0.25, -0.2) is 0 Å². The Morgan fingerprint density at radius 2 is 0.765 bits per heavy atom. The molecule has 13 aromatic rings. The first-order valence-electron chi connectivity index (χ1n) is 23.7. The molecule has 0 atom stereocenters. The van der Waals surface area contributed by atoms with E-state index in [1.54, 1.807) is 0 Å². The first-order valence-corrected chi connectivity index (χ1v) is 23.7. The fourth-order valence-corrected chi connectivity index (χ4v) is 11.2. The van der Waals surface area contributed by atoms with Crippen LogP contribution in [0.3, 0.4) is 0 Å². The van der Waals surface area contributed by atoms with Gasteiger partial charge in [-0.3, -0.25) is 0 Å². The van der Waals surface area contributed by atoms with Gasteiger partial charge < -0.3 is 18.3 Å². The standard InChI is InChI=1S/C63H49N5/c1-62(2,3)40-26-31-52-48(36-40)49-37-41(63(4,5)6)27-32-53(49)67(52)57-35-39(38-64)25-30-54(57)68-51-24-16-14-22-47(51)59-56(68)34-29-45-44-28-33-55-58(60(44)66(61(45)59)43-19-11-8-12-20-43)46-21-13-15-23-50(46)65(55)42-17-9-7-10-18-42/h7-37H,1-6H3. The molecule has 5 nitrogen and oxygen atoms in total. The van der Waals surface area contributed by atoms with Crippen LogP contribution in [0.15, 0.2) is 188 Å². The van der Waals surface area contributed by atoms with E-state index in [1.165, 1.54) is 76.3 Å². The van der Waals surface area contributed by atoms with Gasteiger partial charge in [0.15, 0.2) is 0 Å². The average molecular weight is 876 g/mol. The van der Waals surface area contributed by atoms with E-state index in [2.05, 4.69) is 248 Å². The minimum absolute atomic E-state index is 0.0304. The van der Waals surface area contributed by atoms with Crippen LogP contribution in [0.25, 0.3) is 110 Å². The summed E-state index contributed by atoms with van der Waals surface area (Å²) in [5.74, 6) is 0. The molecule has 0 fully saturated rings. The Labute approximate surface area is 394 Å². The van der Waals surface area contributed by atoms with Crippen molar-refractivity contribution < 1.29 is 0 Å². The SMILES string of the molecule is CC(C)(C)c1ccc2c(c1)c1cc(C(C)(C)C)ccc1n2-c1cc(C#N)ccc1-n1c2ccccc2c2c1ccc1c3ccc4c(c5ccccc5n4-c4ccccc4)c3n(-c3ccccc3)c12. The molecule has 0 aliphatic rings. The Balaban J connectivity index is 1.18. The minimum Gasteiger partial charge on any atom is -0.309 e. The van der Waals surface area contributed by atoms with Crippen LogP contribution in [0.2, 0.25) is 0 Å². The molecule has 0 saturated carbocycles. The van der Waals surface area contributed by atoms with Crippen LogP contribution in [-0.2, 0) is 10.8 Å². The van der Waals surface area contributed by atoms with Gasteiger partial charge in [-0.2, -0.15) is 5.26 Å². The molecule has 0 aliphatic heterocycles. The van der Waals surface area contributed by atoms with E-state index in [9.17, 15) is 5.26 Å². The maximum absolute atomic E-state index is 10.6. The third kappa shape index (κ3) is 5.67. The van der Waals surface area contributed by atoms with Crippen molar-refractivity contribution in [1.82, 2.24) is 18.3 Å². The second kappa shape index (κ2) is 14.3. The van der Waals surface area contributed by atoms with E-state index < -0.39 is 0 Å². The van der Waals surface area contributed by atoms with Gasteiger partial charge in [0.1, 0.15) is 0 Å². The highest BCUT2D eigenvalue weighted by Gasteiger charge is 2.27. The molecule has 0 amide bonds. The molecular formula is C63H49N5. The first-order chi connectivity index (χ1) is 33.0. The lowest BCUT2D eigenvalue weighted by Gasteiger charge is -2.20. The Morgan fingerprint density at radius 3 is 1.28 bits per heavy atom. The Hall–Kier alpha value is -8.33. The van der Waals surface area contributed by atoms with Gasteiger partial charge in [-0.15, -0.1) is 0 Å². The minimum atomic E-state index is -0.0304. The maximum Gasteiger partial charge on any atom is 0.0992 e. The highest BCUT2D eigenvalue weighted by molar-refractivity contribution is 6.31. The van der Waals surface area contributed by atoms with Gasteiger partial charge in [-0.05, 0) is 113 Å². The summed E-state index contributed by atoms with van der Waals surface area (Å²) in [6.07, 6.45) is 0. The Morgan fingerprint density at radius 1 is 0.338 bits per heavy atom. The summed E-state index contributed by atoms with van der Waals surface area (Å²) >= 11 is 0. The fraction of sp³-hybridized carbons (Fsp3) is 0.127. The lowest BCUT2D eigenvalue weighted by Crippen LogP contribution is -2.10. The molecule has 4 heterocycles. The monoisotopic (exact) mass is 875 g/mol. The zero-order chi connectivity index (χ0) is 46.2. The fourth-order valence-electron chi connectivity index (χ4n) is 11.2. The molecule has 0 aliphatic carbocycles. The summed E-state index contributed by atoms with van der Waals surface area (Å²) in [5, 5.41) is 20.2. The van der Waals surface area contributed by atoms with Crippen molar-refractivity contribution in [3.63, 3.8) is 0 Å². The van der Waals surface area contributed by atoms with Crippen LogP contribution >= 0.6 is 0 Å². The summed E-state index contributed by atoms with van der Waals surface area (Å²) < 4.78 is 9.78. The Kier molecular flexibility index (Phi) is 8.43. The summed E-state index contributed by atoms with van der Waals surface area (Å²) in [4.78, 5) is 0. The predicted octanol–water partition coefficient (Wildman–Crippen LogP) is 16.5. The van der Waals surface area contributed by atoms with E-state index >= 15 is 0 Å². The highest BCUT2D eigenvalue weighted by atomic mass is 15.1. The number of aromatic nitrogens is 4. The largest absolute Gasteiger partial charge is 0.309 e. The van der Waals surface area contributed by atoms with Crippen molar-refractivity contribution in [3.8, 4) is 28.8 Å². The molecule has 0 radical (unpaired) electrons. The molecule has 326 valence electrons. The van der Waals surface area contributed by atoms with E-state index in [4.69, 9.17) is 0 Å². The maximum atomic E-state index is 10.6. The number of nitrogens with zero attached hydrogens (tertiary/aromatic N) is 5. The molecule has 0 unspecified atom stereocenters. The zero-order valence-electron chi connectivity index (χ0n) is 39.1. The van der Waals surface area contributed by atoms with Crippen LogP contribution in [0.1, 0.15) is 58.2 Å². The van der Waals surface area contributed by atoms with Gasteiger partial charge in [0.2, 0.25) is 0 Å². The zero-order valence-corrected chi connectivity index (χ0v) is 39.1. The van der Waals surface area contributed by atoms with Gasteiger partial charge >= 0.3 is 0 Å². The van der Waals surface area contributed by atoms with Crippen molar-refractivity contribution in [2.45, 2.75) is 52.4 Å². The number of benzene rings is 9. The van der Waals surface area contributed by atoms with Gasteiger partial charge in [0, 0.05) is 54.5 Å². The lowest BCUT2D eigenvalue weighted by molar-refractivity contribution is 0.590. The van der Waals surface area contributed by atoms with Gasteiger partial charge in [0.25, 0.3) is 0 Å². The van der Waals surface area contributed by atoms with E-state index in [0.717, 1.165) is 44.8 Å². The van der Waals surface area contributed by atoms with Crippen LogP contribution < -0.4 is 0 Å². The number of hydrogen-bond donors (Lipinski definition) is 0. The molecule has 13 rings (SSSR count). The number of hydrogen-bond acceptors (Lipinski definition) is 1. The van der Waals surface area contributed by atoms with Crippen LogP contribution in [0.4, 0.5) is 0 Å². The van der Waals surface area contributed by atoms with Crippen molar-refractivity contribution >= 4 is 87.2 Å². The van der Waals surface area contributed by atoms with Crippen LogP contribution in [0.5, 0.6) is 0 Å². The quantitative estimate of drug-likeness (QED) is 0.174. The smallest absolute Gasteiger partial charge is 0.0992 e. The molecular weight excluding hydrogens is 827 g/mol. The molecule has 4 aromatic heterocycles. The van der Waals surface area contributed by atoms with Crippen molar-refractivity contribution in [2.75, 3.05) is 0 Å². The van der Waals surface area contributed by atoms with E-state index in [1.807, 2.05) is 6.07 Å². The van der Waals surface area contributed by atoms with Gasteiger partial charge in [0.05, 0.1) is 67.1 Å². The summed E-state index contributed by atoms with van der Waals surface area (Å²) in [6.45, 7) is 13.7. The third-order valence-corrected chi connectivity index (χ3v) is 14.5. The highest BCUT2D eigenvalue weighted by Crippen LogP contribution is 2.47. The second-order valence-electron chi connectivity index (χ2n) is 20.5.